The molecule has 0 aliphatic carbocycles. The van der Waals surface area contributed by atoms with Crippen LogP contribution in [0.2, 0.25) is 0 Å². The number of carbonyl (C=O) groups is 2. The van der Waals surface area contributed by atoms with E-state index in [1.807, 2.05) is 0 Å². The summed E-state index contributed by atoms with van der Waals surface area (Å²) in [5.41, 5.74) is 1.15. The van der Waals surface area contributed by atoms with Gasteiger partial charge in [0.05, 0.1) is 11.5 Å². The predicted molar refractivity (Wildman–Crippen MR) is 120 cm³/mol. The topological polar surface area (TPSA) is 102 Å². The minimum absolute atomic E-state index is 0.167. The fourth-order valence-electron chi connectivity index (χ4n) is 3.52. The highest BCUT2D eigenvalue weighted by Crippen LogP contribution is 2.26. The van der Waals surface area contributed by atoms with Crippen LogP contribution in [0.3, 0.4) is 0 Å². The fourth-order valence-corrected chi connectivity index (χ4v) is 5.29. The van der Waals surface area contributed by atoms with Crippen molar-refractivity contribution >= 4 is 27.6 Å². The molecule has 32 heavy (non-hydrogen) atoms. The zero-order valence-electron chi connectivity index (χ0n) is 18.3. The molecule has 3 rings (SSSR count). The number of rotatable bonds is 8. The number of nitrogens with one attached hydrogen (secondary N) is 1. The smallest absolute Gasteiger partial charge is 0.342 e. The van der Waals surface area contributed by atoms with E-state index in [9.17, 15) is 18.0 Å². The minimum atomic E-state index is -3.64. The van der Waals surface area contributed by atoms with E-state index in [1.54, 1.807) is 50.2 Å². The molecule has 0 bridgehead atoms. The second-order valence-electron chi connectivity index (χ2n) is 7.50. The van der Waals surface area contributed by atoms with Gasteiger partial charge in [-0.2, -0.15) is 4.31 Å². The Kier molecular flexibility index (Phi) is 7.87. The summed E-state index contributed by atoms with van der Waals surface area (Å²) in [4.78, 5) is 24.8. The summed E-state index contributed by atoms with van der Waals surface area (Å²) in [5.74, 6) is -0.870. The van der Waals surface area contributed by atoms with Crippen LogP contribution < -0.4 is 10.1 Å². The molecule has 2 aromatic rings. The highest BCUT2D eigenvalue weighted by Gasteiger charge is 2.27. The van der Waals surface area contributed by atoms with Gasteiger partial charge in [0.1, 0.15) is 11.3 Å². The van der Waals surface area contributed by atoms with Crippen molar-refractivity contribution < 1.29 is 27.5 Å². The summed E-state index contributed by atoms with van der Waals surface area (Å²) >= 11 is 0. The van der Waals surface area contributed by atoms with Crippen LogP contribution in [0.1, 0.15) is 42.1 Å². The molecule has 1 saturated heterocycles. The summed E-state index contributed by atoms with van der Waals surface area (Å²) in [6, 6.07) is 11.3. The number of amides is 1. The lowest BCUT2D eigenvalue weighted by molar-refractivity contribution is -0.119. The number of anilines is 1. The highest BCUT2D eigenvalue weighted by atomic mass is 32.2. The van der Waals surface area contributed by atoms with Crippen LogP contribution in [0.4, 0.5) is 5.69 Å². The molecule has 0 saturated carbocycles. The van der Waals surface area contributed by atoms with Crippen LogP contribution >= 0.6 is 0 Å². The Morgan fingerprint density at radius 3 is 2.50 bits per heavy atom. The monoisotopic (exact) mass is 460 g/mol. The first-order valence-electron chi connectivity index (χ1n) is 10.6. The Bertz CT molecular complexity index is 1080. The summed E-state index contributed by atoms with van der Waals surface area (Å²) in [6.45, 7) is 4.40. The number of aryl methyl sites for hydroxylation is 1. The number of para-hydroxylation sites is 1. The van der Waals surface area contributed by atoms with Crippen molar-refractivity contribution in [1.29, 1.82) is 0 Å². The van der Waals surface area contributed by atoms with E-state index in [4.69, 9.17) is 9.47 Å². The van der Waals surface area contributed by atoms with Gasteiger partial charge in [-0.3, -0.25) is 4.79 Å². The summed E-state index contributed by atoms with van der Waals surface area (Å²) < 4.78 is 38.1. The average Bonchev–Trinajstić information content (AvgIpc) is 2.80. The molecule has 8 nitrogen and oxygen atoms in total. The third-order valence-corrected chi connectivity index (χ3v) is 7.19. The number of esters is 1. The van der Waals surface area contributed by atoms with E-state index in [1.165, 1.54) is 10.4 Å². The van der Waals surface area contributed by atoms with Gasteiger partial charge in [-0.1, -0.05) is 24.6 Å². The number of piperidine rings is 1. The normalized spacial score (nSPS) is 14.6. The lowest BCUT2D eigenvalue weighted by Crippen LogP contribution is -2.36. The third kappa shape index (κ3) is 5.66. The number of nitrogens with zero attached hydrogens (tertiary/aromatic N) is 1. The molecule has 1 amide bonds. The van der Waals surface area contributed by atoms with Crippen molar-refractivity contribution in [2.75, 3.05) is 31.6 Å². The van der Waals surface area contributed by atoms with Gasteiger partial charge in [0.25, 0.3) is 5.91 Å². The maximum Gasteiger partial charge on any atom is 0.342 e. The molecule has 0 spiro atoms. The molecule has 172 valence electrons. The van der Waals surface area contributed by atoms with Crippen LogP contribution in [0, 0.1) is 6.92 Å². The van der Waals surface area contributed by atoms with Crippen LogP contribution in [0.5, 0.6) is 5.75 Å². The maximum absolute atomic E-state index is 13.0. The first kappa shape index (κ1) is 23.7. The zero-order valence-corrected chi connectivity index (χ0v) is 19.1. The Hall–Kier alpha value is -2.91. The molecule has 0 atom stereocenters. The Balaban J connectivity index is 1.66. The maximum atomic E-state index is 13.0. The van der Waals surface area contributed by atoms with Crippen LogP contribution in [-0.4, -0.2) is 50.9 Å². The number of hydrogen-bond acceptors (Lipinski definition) is 6. The van der Waals surface area contributed by atoms with Gasteiger partial charge < -0.3 is 14.8 Å². The van der Waals surface area contributed by atoms with Gasteiger partial charge in [-0.25, -0.2) is 13.2 Å². The van der Waals surface area contributed by atoms with Crippen molar-refractivity contribution in [2.24, 2.45) is 0 Å². The Labute approximate surface area is 188 Å². The van der Waals surface area contributed by atoms with E-state index in [2.05, 4.69) is 5.32 Å². The summed E-state index contributed by atoms with van der Waals surface area (Å²) in [6.07, 6.45) is 2.70. The van der Waals surface area contributed by atoms with Crippen molar-refractivity contribution in [1.82, 2.24) is 4.31 Å². The average molecular weight is 461 g/mol. The molecule has 2 aromatic carbocycles. The second-order valence-corrected chi connectivity index (χ2v) is 9.40. The lowest BCUT2D eigenvalue weighted by Gasteiger charge is -2.26. The largest absolute Gasteiger partial charge is 0.493 e. The number of ether oxygens (including phenoxy) is 2. The lowest BCUT2D eigenvalue weighted by atomic mass is 10.2. The standard InChI is InChI=1S/C23H28N2O6S/c1-3-30-20-10-6-5-9-19(20)23(27)31-16-22(26)24-18-12-11-17(2)21(15-18)32(28,29)25-13-7-4-8-14-25/h5-6,9-12,15H,3-4,7-8,13-14,16H2,1-2H3,(H,24,26). The molecule has 1 aliphatic rings. The van der Waals surface area contributed by atoms with Crippen LogP contribution in [-0.2, 0) is 19.6 Å². The number of benzene rings is 2. The van der Waals surface area contributed by atoms with Gasteiger partial charge in [0.2, 0.25) is 10.0 Å². The van der Waals surface area contributed by atoms with E-state index in [0.29, 0.717) is 36.7 Å². The molecular weight excluding hydrogens is 432 g/mol. The molecule has 1 N–H and O–H groups in total. The van der Waals surface area contributed by atoms with Crippen molar-refractivity contribution in [3.8, 4) is 5.75 Å². The van der Waals surface area contributed by atoms with Crippen molar-refractivity contribution in [3.63, 3.8) is 0 Å². The SMILES string of the molecule is CCOc1ccccc1C(=O)OCC(=O)Nc1ccc(C)c(S(=O)(=O)N2CCCCC2)c1. The van der Waals surface area contributed by atoms with Crippen molar-refractivity contribution in [3.05, 3.63) is 53.6 Å². The molecule has 0 unspecified atom stereocenters. The molecule has 1 heterocycles. The van der Waals surface area contributed by atoms with E-state index in [-0.39, 0.29) is 10.5 Å². The zero-order chi connectivity index (χ0) is 23.1. The summed E-state index contributed by atoms with van der Waals surface area (Å²) in [5, 5.41) is 2.60. The number of carbonyl (C=O) groups excluding carboxylic acids is 2. The number of sulfonamides is 1. The predicted octanol–water partition coefficient (Wildman–Crippen LogP) is 3.36. The first-order chi connectivity index (χ1) is 15.3. The van der Waals surface area contributed by atoms with Crippen molar-refractivity contribution in [2.45, 2.75) is 38.0 Å². The van der Waals surface area contributed by atoms with Crippen LogP contribution in [0.25, 0.3) is 0 Å². The Morgan fingerprint density at radius 1 is 1.06 bits per heavy atom. The highest BCUT2D eigenvalue weighted by molar-refractivity contribution is 7.89. The molecule has 0 aromatic heterocycles. The summed E-state index contributed by atoms with van der Waals surface area (Å²) in [7, 11) is -3.64. The van der Waals surface area contributed by atoms with E-state index in [0.717, 1.165) is 19.3 Å². The van der Waals surface area contributed by atoms with Crippen LogP contribution in [0.15, 0.2) is 47.4 Å². The first-order valence-corrected chi connectivity index (χ1v) is 12.1. The van der Waals surface area contributed by atoms with Gasteiger partial charge in [0, 0.05) is 18.8 Å². The van der Waals surface area contributed by atoms with E-state index >= 15 is 0 Å². The van der Waals surface area contributed by atoms with Gasteiger partial charge in [0.15, 0.2) is 6.61 Å². The minimum Gasteiger partial charge on any atom is -0.493 e. The van der Waals surface area contributed by atoms with Gasteiger partial charge >= 0.3 is 5.97 Å². The van der Waals surface area contributed by atoms with Gasteiger partial charge in [-0.15, -0.1) is 0 Å². The van der Waals surface area contributed by atoms with E-state index < -0.39 is 28.5 Å². The quantitative estimate of drug-likeness (QED) is 0.606. The van der Waals surface area contributed by atoms with Gasteiger partial charge in [-0.05, 0) is 56.5 Å². The molecule has 1 fully saturated rings. The molecular formula is C23H28N2O6S. The fraction of sp³-hybridized carbons (Fsp3) is 0.391. The second kappa shape index (κ2) is 10.6. The third-order valence-electron chi connectivity index (χ3n) is 5.15. The molecule has 9 heteroatoms. The Morgan fingerprint density at radius 2 is 1.78 bits per heavy atom. The molecule has 1 aliphatic heterocycles. The number of hydrogen-bond donors (Lipinski definition) is 1. The molecule has 0 radical (unpaired) electrons.